The molecule has 0 atom stereocenters. The number of alkyl carbamates (subject to hydrolysis) is 1. The predicted molar refractivity (Wildman–Crippen MR) is 124 cm³/mol. The molecule has 0 aromatic heterocycles. The van der Waals surface area contributed by atoms with Crippen molar-refractivity contribution in [2.24, 2.45) is 0 Å². The van der Waals surface area contributed by atoms with Crippen LogP contribution in [0.4, 0.5) is 4.79 Å². The maximum absolute atomic E-state index is 13.2. The second-order valence-corrected chi connectivity index (χ2v) is 8.77. The van der Waals surface area contributed by atoms with Crippen LogP contribution in [0, 0.1) is 0 Å². The number of fused-ring (bicyclic) bond motifs is 3. The molecule has 2 aromatic rings. The van der Waals surface area contributed by atoms with E-state index in [-0.39, 0.29) is 24.9 Å². The minimum Gasteiger partial charge on any atom is -0.481 e. The lowest BCUT2D eigenvalue weighted by Crippen LogP contribution is -2.63. The average molecular weight is 451 g/mol. The molecule has 0 spiro atoms. The summed E-state index contributed by atoms with van der Waals surface area (Å²) in [6.07, 6.45) is 1.78. The highest BCUT2D eigenvalue weighted by atomic mass is 16.5. The number of hydrogen-bond acceptors (Lipinski definition) is 4. The number of carbonyl (C=O) groups is 3. The van der Waals surface area contributed by atoms with Gasteiger partial charge >= 0.3 is 12.1 Å². The molecule has 0 bridgehead atoms. The number of carboxylic acids is 1. The summed E-state index contributed by atoms with van der Waals surface area (Å²) < 4.78 is 5.65. The molecular weight excluding hydrogens is 420 g/mol. The van der Waals surface area contributed by atoms with Gasteiger partial charge in [0.15, 0.2) is 0 Å². The van der Waals surface area contributed by atoms with E-state index in [2.05, 4.69) is 29.6 Å². The summed E-state index contributed by atoms with van der Waals surface area (Å²) in [4.78, 5) is 38.4. The highest BCUT2D eigenvalue weighted by molar-refractivity contribution is 5.91. The summed E-state index contributed by atoms with van der Waals surface area (Å²) in [5.41, 5.74) is 3.63. The number of amides is 2. The maximum Gasteiger partial charge on any atom is 0.408 e. The van der Waals surface area contributed by atoms with Gasteiger partial charge in [0.2, 0.25) is 5.91 Å². The first-order chi connectivity index (χ1) is 15.9. The zero-order chi connectivity index (χ0) is 23.4. The van der Waals surface area contributed by atoms with Crippen molar-refractivity contribution in [3.63, 3.8) is 0 Å². The zero-order valence-electron chi connectivity index (χ0n) is 18.9. The second-order valence-electron chi connectivity index (χ2n) is 8.77. The van der Waals surface area contributed by atoms with Crippen LogP contribution >= 0.6 is 0 Å². The molecule has 174 valence electrons. The predicted octanol–water partition coefficient (Wildman–Crippen LogP) is 4.16. The Morgan fingerprint density at radius 1 is 1.06 bits per heavy atom. The first kappa shape index (κ1) is 22.8. The van der Waals surface area contributed by atoms with Crippen LogP contribution in [-0.2, 0) is 14.3 Å². The quantitative estimate of drug-likeness (QED) is 0.598. The normalized spacial score (nSPS) is 15.7. The van der Waals surface area contributed by atoms with Crippen LogP contribution in [0.15, 0.2) is 48.5 Å². The van der Waals surface area contributed by atoms with Gasteiger partial charge in [0.25, 0.3) is 0 Å². The molecule has 33 heavy (non-hydrogen) atoms. The fourth-order valence-electron chi connectivity index (χ4n) is 4.88. The summed E-state index contributed by atoms with van der Waals surface area (Å²) in [5, 5.41) is 11.7. The smallest absolute Gasteiger partial charge is 0.408 e. The number of hydrogen-bond donors (Lipinski definition) is 2. The van der Waals surface area contributed by atoms with Crippen molar-refractivity contribution in [3.05, 3.63) is 59.7 Å². The fraction of sp³-hybridized carbons (Fsp3) is 0.423. The van der Waals surface area contributed by atoms with Crippen LogP contribution in [0.5, 0.6) is 0 Å². The molecule has 1 fully saturated rings. The third kappa shape index (κ3) is 4.58. The Labute approximate surface area is 193 Å². The van der Waals surface area contributed by atoms with Crippen LogP contribution in [0.3, 0.4) is 0 Å². The summed E-state index contributed by atoms with van der Waals surface area (Å²) in [7, 11) is 0. The topological polar surface area (TPSA) is 95.9 Å². The molecule has 2 aliphatic carbocycles. The van der Waals surface area contributed by atoms with E-state index in [9.17, 15) is 14.4 Å². The van der Waals surface area contributed by atoms with Gasteiger partial charge in [-0.3, -0.25) is 9.59 Å². The van der Waals surface area contributed by atoms with Gasteiger partial charge < -0.3 is 20.1 Å². The Morgan fingerprint density at radius 3 is 2.18 bits per heavy atom. The highest BCUT2D eigenvalue weighted by Gasteiger charge is 2.47. The Balaban J connectivity index is 1.40. The largest absolute Gasteiger partial charge is 0.481 e. The molecule has 1 saturated carbocycles. The second kappa shape index (κ2) is 9.65. The zero-order valence-corrected chi connectivity index (χ0v) is 18.9. The molecule has 2 N–H and O–H groups in total. The Morgan fingerprint density at radius 2 is 1.67 bits per heavy atom. The summed E-state index contributed by atoms with van der Waals surface area (Å²) in [6, 6.07) is 16.3. The van der Waals surface area contributed by atoms with Crippen molar-refractivity contribution in [2.45, 2.75) is 50.5 Å². The van der Waals surface area contributed by atoms with Gasteiger partial charge in [-0.1, -0.05) is 48.5 Å². The molecule has 0 unspecified atom stereocenters. The number of nitrogens with one attached hydrogen (secondary N) is 1. The molecule has 0 heterocycles. The Hall–Kier alpha value is -3.35. The standard InChI is InChI=1S/C26H30N2O5/c1-2-28(16-7-13-23(29)30)24(31)26(14-8-15-26)27-25(32)33-17-22-20-11-5-3-9-18(20)19-10-4-6-12-21(19)22/h3-6,9-12,22H,2,7-8,13-17H2,1H3,(H,27,32)(H,29,30). The van der Waals surface area contributed by atoms with E-state index < -0.39 is 17.6 Å². The lowest BCUT2D eigenvalue weighted by Gasteiger charge is -2.43. The van der Waals surface area contributed by atoms with Crippen molar-refractivity contribution < 1.29 is 24.2 Å². The van der Waals surface area contributed by atoms with E-state index in [4.69, 9.17) is 9.84 Å². The van der Waals surface area contributed by atoms with Gasteiger partial charge in [-0.25, -0.2) is 4.79 Å². The fourth-order valence-corrected chi connectivity index (χ4v) is 4.88. The van der Waals surface area contributed by atoms with E-state index in [1.165, 1.54) is 0 Å². The molecule has 2 aliphatic rings. The van der Waals surface area contributed by atoms with Gasteiger partial charge in [0.05, 0.1) is 0 Å². The molecule has 0 aliphatic heterocycles. The van der Waals surface area contributed by atoms with Crippen molar-refractivity contribution in [3.8, 4) is 11.1 Å². The van der Waals surface area contributed by atoms with E-state index in [1.54, 1.807) is 4.90 Å². The SMILES string of the molecule is CCN(CCCC(=O)O)C(=O)C1(NC(=O)OCC2c3ccccc3-c3ccccc32)CCC1. The Kier molecular flexibility index (Phi) is 6.67. The van der Waals surface area contributed by atoms with Gasteiger partial charge in [0.1, 0.15) is 12.1 Å². The van der Waals surface area contributed by atoms with Gasteiger partial charge in [-0.05, 0) is 54.9 Å². The van der Waals surface area contributed by atoms with E-state index in [0.717, 1.165) is 28.7 Å². The number of likely N-dealkylation sites (N-methyl/N-ethyl adjacent to an activating group) is 1. The van der Waals surface area contributed by atoms with Crippen molar-refractivity contribution in [1.82, 2.24) is 10.2 Å². The lowest BCUT2D eigenvalue weighted by atomic mass is 9.75. The maximum atomic E-state index is 13.2. The summed E-state index contributed by atoms with van der Waals surface area (Å²) in [5.74, 6) is -1.08. The van der Waals surface area contributed by atoms with Crippen molar-refractivity contribution >= 4 is 18.0 Å². The molecule has 2 aromatic carbocycles. The number of ether oxygens (including phenoxy) is 1. The van der Waals surface area contributed by atoms with E-state index >= 15 is 0 Å². The van der Waals surface area contributed by atoms with Gasteiger partial charge in [-0.15, -0.1) is 0 Å². The molecule has 7 nitrogen and oxygen atoms in total. The summed E-state index contributed by atoms with van der Waals surface area (Å²) in [6.45, 7) is 2.88. The molecular formula is C26H30N2O5. The van der Waals surface area contributed by atoms with Crippen LogP contribution in [-0.4, -0.2) is 53.2 Å². The van der Waals surface area contributed by atoms with Gasteiger partial charge in [-0.2, -0.15) is 0 Å². The van der Waals surface area contributed by atoms with Crippen LogP contribution in [0.25, 0.3) is 11.1 Å². The average Bonchev–Trinajstić information content (AvgIpc) is 3.11. The van der Waals surface area contributed by atoms with E-state index in [0.29, 0.717) is 32.4 Å². The molecule has 0 saturated heterocycles. The number of benzene rings is 2. The summed E-state index contributed by atoms with van der Waals surface area (Å²) >= 11 is 0. The first-order valence-electron chi connectivity index (χ1n) is 11.6. The highest BCUT2D eigenvalue weighted by Crippen LogP contribution is 2.44. The van der Waals surface area contributed by atoms with Crippen LogP contribution in [0.2, 0.25) is 0 Å². The number of carbonyl (C=O) groups excluding carboxylic acids is 2. The number of aliphatic carboxylic acids is 1. The molecule has 4 rings (SSSR count). The molecule has 0 radical (unpaired) electrons. The van der Waals surface area contributed by atoms with Crippen LogP contribution in [0.1, 0.15) is 56.1 Å². The van der Waals surface area contributed by atoms with Crippen LogP contribution < -0.4 is 5.32 Å². The molecule has 2 amide bonds. The first-order valence-corrected chi connectivity index (χ1v) is 11.6. The molecule has 7 heteroatoms. The monoisotopic (exact) mass is 450 g/mol. The third-order valence-corrected chi connectivity index (χ3v) is 6.79. The number of rotatable bonds is 9. The Bertz CT molecular complexity index is 1000. The number of nitrogens with zero attached hydrogens (tertiary/aromatic N) is 1. The van der Waals surface area contributed by atoms with Crippen molar-refractivity contribution in [1.29, 1.82) is 0 Å². The van der Waals surface area contributed by atoms with E-state index in [1.807, 2.05) is 31.2 Å². The number of carboxylic acid groups (broad SMARTS) is 1. The third-order valence-electron chi connectivity index (χ3n) is 6.79. The lowest BCUT2D eigenvalue weighted by molar-refractivity contribution is -0.143. The van der Waals surface area contributed by atoms with Crippen molar-refractivity contribution in [2.75, 3.05) is 19.7 Å². The minimum absolute atomic E-state index is 0.0105. The minimum atomic E-state index is -0.957. The van der Waals surface area contributed by atoms with Gasteiger partial charge in [0, 0.05) is 25.4 Å².